The summed E-state index contributed by atoms with van der Waals surface area (Å²) in [5.74, 6) is -0.343. The van der Waals surface area contributed by atoms with Gasteiger partial charge in [0.1, 0.15) is 5.78 Å². The predicted octanol–water partition coefficient (Wildman–Crippen LogP) is 3.00. The number of ketones is 2. The monoisotopic (exact) mass is 266 g/mol. The SMILES string of the molecule is O=C1CCCC1C(=O)c1ccccc1Br. The molecular weight excluding hydrogens is 256 g/mol. The van der Waals surface area contributed by atoms with Crippen LogP contribution in [0.25, 0.3) is 0 Å². The van der Waals surface area contributed by atoms with Gasteiger partial charge in [-0.25, -0.2) is 0 Å². The van der Waals surface area contributed by atoms with Gasteiger partial charge in [0.2, 0.25) is 0 Å². The van der Waals surface area contributed by atoms with Gasteiger partial charge in [0.15, 0.2) is 5.78 Å². The van der Waals surface area contributed by atoms with Crippen LogP contribution in [0.3, 0.4) is 0 Å². The Kier molecular flexibility index (Phi) is 3.00. The zero-order valence-electron chi connectivity index (χ0n) is 8.20. The fourth-order valence-corrected chi connectivity index (χ4v) is 2.42. The smallest absolute Gasteiger partial charge is 0.174 e. The van der Waals surface area contributed by atoms with E-state index in [1.807, 2.05) is 18.2 Å². The van der Waals surface area contributed by atoms with Crippen molar-refractivity contribution in [1.29, 1.82) is 0 Å². The minimum Gasteiger partial charge on any atom is -0.299 e. The lowest BCUT2D eigenvalue weighted by molar-refractivity contribution is -0.119. The Morgan fingerprint density at radius 3 is 2.67 bits per heavy atom. The lowest BCUT2D eigenvalue weighted by atomic mass is 9.96. The highest BCUT2D eigenvalue weighted by molar-refractivity contribution is 9.10. The maximum absolute atomic E-state index is 12.0. The molecule has 1 aliphatic rings. The van der Waals surface area contributed by atoms with Crippen LogP contribution >= 0.6 is 15.9 Å². The third kappa shape index (κ3) is 2.02. The topological polar surface area (TPSA) is 34.1 Å². The normalized spacial score (nSPS) is 20.6. The Bertz CT molecular complexity index is 412. The Balaban J connectivity index is 2.28. The number of carbonyl (C=O) groups is 2. The van der Waals surface area contributed by atoms with Gasteiger partial charge in [-0.2, -0.15) is 0 Å². The van der Waals surface area contributed by atoms with E-state index in [-0.39, 0.29) is 11.6 Å². The molecule has 78 valence electrons. The third-order valence-corrected chi connectivity index (χ3v) is 3.45. The highest BCUT2D eigenvalue weighted by atomic mass is 79.9. The first kappa shape index (κ1) is 10.6. The molecule has 1 atom stereocenters. The highest BCUT2D eigenvalue weighted by Gasteiger charge is 2.32. The van der Waals surface area contributed by atoms with Gasteiger partial charge in [0.05, 0.1) is 5.92 Å². The maximum atomic E-state index is 12.0. The first-order valence-corrected chi connectivity index (χ1v) is 5.81. The number of hydrogen-bond acceptors (Lipinski definition) is 2. The van der Waals surface area contributed by atoms with Gasteiger partial charge in [0.25, 0.3) is 0 Å². The fourth-order valence-electron chi connectivity index (χ4n) is 1.94. The average molecular weight is 267 g/mol. The summed E-state index contributed by atoms with van der Waals surface area (Å²) in [7, 11) is 0. The van der Waals surface area contributed by atoms with Crippen molar-refractivity contribution in [2.45, 2.75) is 19.3 Å². The minimum atomic E-state index is -0.399. The van der Waals surface area contributed by atoms with Crippen molar-refractivity contribution in [1.82, 2.24) is 0 Å². The number of benzene rings is 1. The molecule has 0 amide bonds. The van der Waals surface area contributed by atoms with Crippen LogP contribution in [0.4, 0.5) is 0 Å². The molecule has 2 rings (SSSR count). The summed E-state index contributed by atoms with van der Waals surface area (Å²) in [5, 5.41) is 0. The summed E-state index contributed by atoms with van der Waals surface area (Å²) in [6.45, 7) is 0. The van der Waals surface area contributed by atoms with Crippen molar-refractivity contribution in [3.05, 3.63) is 34.3 Å². The molecule has 0 heterocycles. The van der Waals surface area contributed by atoms with E-state index in [9.17, 15) is 9.59 Å². The molecule has 0 N–H and O–H groups in total. The molecule has 1 fully saturated rings. The van der Waals surface area contributed by atoms with Gasteiger partial charge in [-0.3, -0.25) is 9.59 Å². The Labute approximate surface area is 96.8 Å². The van der Waals surface area contributed by atoms with E-state index in [1.165, 1.54) is 0 Å². The van der Waals surface area contributed by atoms with Crippen LogP contribution in [0, 0.1) is 5.92 Å². The molecule has 0 aromatic heterocycles. The number of carbonyl (C=O) groups excluding carboxylic acids is 2. The van der Waals surface area contributed by atoms with Crippen LogP contribution in [0.5, 0.6) is 0 Å². The van der Waals surface area contributed by atoms with E-state index < -0.39 is 5.92 Å². The van der Waals surface area contributed by atoms with Crippen LogP contribution < -0.4 is 0 Å². The van der Waals surface area contributed by atoms with Gasteiger partial charge >= 0.3 is 0 Å². The molecule has 1 aromatic carbocycles. The number of halogens is 1. The zero-order chi connectivity index (χ0) is 10.8. The standard InChI is InChI=1S/C12H11BrO2/c13-10-6-2-1-4-8(10)12(15)9-5-3-7-11(9)14/h1-2,4,6,9H,3,5,7H2. The van der Waals surface area contributed by atoms with E-state index in [0.29, 0.717) is 18.4 Å². The van der Waals surface area contributed by atoms with Gasteiger partial charge in [0, 0.05) is 16.5 Å². The van der Waals surface area contributed by atoms with Gasteiger partial charge in [-0.05, 0) is 18.9 Å². The molecule has 0 spiro atoms. The van der Waals surface area contributed by atoms with Crippen LogP contribution in [-0.4, -0.2) is 11.6 Å². The van der Waals surface area contributed by atoms with Crippen molar-refractivity contribution >= 4 is 27.5 Å². The summed E-state index contributed by atoms with van der Waals surface area (Å²) in [4.78, 5) is 23.5. The van der Waals surface area contributed by atoms with Gasteiger partial charge < -0.3 is 0 Å². The highest BCUT2D eigenvalue weighted by Crippen LogP contribution is 2.27. The quantitative estimate of drug-likeness (QED) is 0.609. The number of Topliss-reactive ketones (excluding diaryl/α,β-unsaturated/α-hetero) is 2. The van der Waals surface area contributed by atoms with Crippen molar-refractivity contribution in [2.75, 3.05) is 0 Å². The van der Waals surface area contributed by atoms with E-state index in [1.54, 1.807) is 6.07 Å². The second-order valence-corrected chi connectivity index (χ2v) is 4.61. The summed E-state index contributed by atoms with van der Waals surface area (Å²) in [6.07, 6.45) is 2.11. The second-order valence-electron chi connectivity index (χ2n) is 3.76. The van der Waals surface area contributed by atoms with E-state index in [0.717, 1.165) is 10.9 Å². The zero-order valence-corrected chi connectivity index (χ0v) is 9.79. The first-order valence-electron chi connectivity index (χ1n) is 5.01. The molecule has 3 heteroatoms. The third-order valence-electron chi connectivity index (χ3n) is 2.76. The maximum Gasteiger partial charge on any atom is 0.174 e. The molecule has 0 bridgehead atoms. The van der Waals surface area contributed by atoms with E-state index in [4.69, 9.17) is 0 Å². The lowest BCUT2D eigenvalue weighted by Gasteiger charge is -2.08. The molecule has 0 aliphatic heterocycles. The van der Waals surface area contributed by atoms with Gasteiger partial charge in [-0.1, -0.05) is 34.1 Å². The molecule has 1 aromatic rings. The molecule has 0 saturated heterocycles. The van der Waals surface area contributed by atoms with E-state index >= 15 is 0 Å². The molecule has 1 saturated carbocycles. The molecule has 1 unspecified atom stereocenters. The minimum absolute atomic E-state index is 0.0371. The molecular formula is C12H11BrO2. The summed E-state index contributed by atoms with van der Waals surface area (Å²) in [6, 6.07) is 7.26. The molecule has 2 nitrogen and oxygen atoms in total. The summed E-state index contributed by atoms with van der Waals surface area (Å²) in [5.41, 5.74) is 0.623. The van der Waals surface area contributed by atoms with Crippen molar-refractivity contribution in [3.8, 4) is 0 Å². The van der Waals surface area contributed by atoms with Crippen LogP contribution in [0.2, 0.25) is 0 Å². The summed E-state index contributed by atoms with van der Waals surface area (Å²) >= 11 is 3.33. The fraction of sp³-hybridized carbons (Fsp3) is 0.333. The van der Waals surface area contributed by atoms with Crippen molar-refractivity contribution < 1.29 is 9.59 Å². The van der Waals surface area contributed by atoms with Crippen molar-refractivity contribution in [2.24, 2.45) is 5.92 Å². The predicted molar refractivity (Wildman–Crippen MR) is 60.8 cm³/mol. The van der Waals surface area contributed by atoms with Crippen LogP contribution in [0.1, 0.15) is 29.6 Å². The number of rotatable bonds is 2. The Morgan fingerprint density at radius 2 is 2.07 bits per heavy atom. The molecule has 0 radical (unpaired) electrons. The number of hydrogen-bond donors (Lipinski definition) is 0. The Morgan fingerprint density at radius 1 is 1.33 bits per heavy atom. The van der Waals surface area contributed by atoms with Crippen LogP contribution in [0.15, 0.2) is 28.7 Å². The largest absolute Gasteiger partial charge is 0.299 e. The van der Waals surface area contributed by atoms with Crippen molar-refractivity contribution in [3.63, 3.8) is 0 Å². The lowest BCUT2D eigenvalue weighted by Crippen LogP contribution is -2.19. The van der Waals surface area contributed by atoms with E-state index in [2.05, 4.69) is 15.9 Å². The molecule has 15 heavy (non-hydrogen) atoms. The Hall–Kier alpha value is -0.960. The summed E-state index contributed by atoms with van der Waals surface area (Å²) < 4.78 is 0.773. The average Bonchev–Trinajstić information content (AvgIpc) is 2.64. The first-order chi connectivity index (χ1) is 7.20. The molecule has 1 aliphatic carbocycles. The van der Waals surface area contributed by atoms with Crippen LogP contribution in [-0.2, 0) is 4.79 Å². The second kappa shape index (κ2) is 4.27. The van der Waals surface area contributed by atoms with Gasteiger partial charge in [-0.15, -0.1) is 0 Å².